The van der Waals surface area contributed by atoms with E-state index in [0.29, 0.717) is 16.7 Å². The van der Waals surface area contributed by atoms with Gasteiger partial charge in [0.15, 0.2) is 4.34 Å². The van der Waals surface area contributed by atoms with Crippen molar-refractivity contribution in [3.05, 3.63) is 41.2 Å². The van der Waals surface area contributed by atoms with Crippen molar-refractivity contribution in [1.29, 1.82) is 0 Å². The van der Waals surface area contributed by atoms with Crippen molar-refractivity contribution in [3.63, 3.8) is 0 Å². The second-order valence-corrected chi connectivity index (χ2v) is 4.95. The fourth-order valence-electron chi connectivity index (χ4n) is 1.07. The SMILES string of the molecule is O=Cc1cc(F)cc(Sc2nccs2)c1. The largest absolute Gasteiger partial charge is 0.298 e. The Morgan fingerprint density at radius 2 is 2.27 bits per heavy atom. The highest BCUT2D eigenvalue weighted by molar-refractivity contribution is 8.01. The van der Waals surface area contributed by atoms with Gasteiger partial charge >= 0.3 is 0 Å². The molecule has 0 radical (unpaired) electrons. The minimum absolute atomic E-state index is 0.342. The number of carbonyl (C=O) groups excluding carboxylic acids is 1. The van der Waals surface area contributed by atoms with Crippen LogP contribution in [0.2, 0.25) is 0 Å². The molecule has 0 aliphatic rings. The van der Waals surface area contributed by atoms with Gasteiger partial charge in [-0.1, -0.05) is 11.8 Å². The molecule has 0 N–H and O–H groups in total. The van der Waals surface area contributed by atoms with E-state index in [9.17, 15) is 9.18 Å². The maximum absolute atomic E-state index is 13.1. The summed E-state index contributed by atoms with van der Waals surface area (Å²) in [6.07, 6.45) is 2.32. The van der Waals surface area contributed by atoms with Crippen molar-refractivity contribution >= 4 is 29.4 Å². The normalized spacial score (nSPS) is 10.2. The number of rotatable bonds is 3. The van der Waals surface area contributed by atoms with E-state index < -0.39 is 5.82 Å². The highest BCUT2D eigenvalue weighted by Crippen LogP contribution is 2.29. The first-order valence-corrected chi connectivity index (χ1v) is 5.80. The van der Waals surface area contributed by atoms with Crippen LogP contribution >= 0.6 is 23.1 Å². The molecule has 0 saturated carbocycles. The Balaban J connectivity index is 2.28. The molecule has 15 heavy (non-hydrogen) atoms. The van der Waals surface area contributed by atoms with Crippen molar-refractivity contribution in [1.82, 2.24) is 4.98 Å². The molecule has 2 aromatic rings. The molecular formula is C10H6FNOS2. The maximum Gasteiger partial charge on any atom is 0.154 e. The van der Waals surface area contributed by atoms with E-state index in [-0.39, 0.29) is 0 Å². The van der Waals surface area contributed by atoms with Gasteiger partial charge in [-0.25, -0.2) is 9.37 Å². The number of nitrogens with zero attached hydrogens (tertiary/aromatic N) is 1. The monoisotopic (exact) mass is 239 g/mol. The van der Waals surface area contributed by atoms with E-state index in [2.05, 4.69) is 4.98 Å². The maximum atomic E-state index is 13.1. The smallest absolute Gasteiger partial charge is 0.154 e. The van der Waals surface area contributed by atoms with Gasteiger partial charge < -0.3 is 0 Å². The lowest BCUT2D eigenvalue weighted by Crippen LogP contribution is -1.84. The molecule has 5 heteroatoms. The van der Waals surface area contributed by atoms with Crippen LogP contribution in [0.5, 0.6) is 0 Å². The van der Waals surface area contributed by atoms with Gasteiger partial charge in [0.1, 0.15) is 12.1 Å². The molecule has 0 aliphatic heterocycles. The molecule has 0 amide bonds. The molecule has 0 bridgehead atoms. The second kappa shape index (κ2) is 4.55. The Morgan fingerprint density at radius 3 is 2.93 bits per heavy atom. The van der Waals surface area contributed by atoms with Crippen LogP contribution in [0.4, 0.5) is 4.39 Å². The molecule has 76 valence electrons. The zero-order valence-electron chi connectivity index (χ0n) is 7.51. The van der Waals surface area contributed by atoms with E-state index >= 15 is 0 Å². The summed E-state index contributed by atoms with van der Waals surface area (Å²) in [5, 5.41) is 1.85. The lowest BCUT2D eigenvalue weighted by molar-refractivity contribution is 0.112. The predicted octanol–water partition coefficient (Wildman–Crippen LogP) is 3.25. The second-order valence-electron chi connectivity index (χ2n) is 2.74. The quantitative estimate of drug-likeness (QED) is 0.770. The Kier molecular flexibility index (Phi) is 3.13. The number of benzene rings is 1. The van der Waals surface area contributed by atoms with Crippen molar-refractivity contribution in [2.45, 2.75) is 9.24 Å². The van der Waals surface area contributed by atoms with Crippen LogP contribution < -0.4 is 0 Å². The summed E-state index contributed by atoms with van der Waals surface area (Å²) in [6, 6.07) is 4.24. The highest BCUT2D eigenvalue weighted by Gasteiger charge is 2.03. The number of hydrogen-bond donors (Lipinski definition) is 0. The molecule has 2 rings (SSSR count). The Bertz CT molecular complexity index is 470. The first-order valence-electron chi connectivity index (χ1n) is 4.11. The molecule has 0 saturated heterocycles. The summed E-state index contributed by atoms with van der Waals surface area (Å²) >= 11 is 2.82. The molecule has 0 fully saturated rings. The summed E-state index contributed by atoms with van der Waals surface area (Å²) in [7, 11) is 0. The Labute approximate surface area is 94.2 Å². The number of thiazole rings is 1. The summed E-state index contributed by atoms with van der Waals surface area (Å²) in [4.78, 5) is 15.3. The van der Waals surface area contributed by atoms with E-state index in [4.69, 9.17) is 0 Å². The van der Waals surface area contributed by atoms with Crippen molar-refractivity contribution in [2.75, 3.05) is 0 Å². The topological polar surface area (TPSA) is 30.0 Å². The first-order chi connectivity index (χ1) is 7.28. The number of aldehydes is 1. The fraction of sp³-hybridized carbons (Fsp3) is 0. The summed E-state index contributed by atoms with van der Waals surface area (Å²) in [6.45, 7) is 0. The van der Waals surface area contributed by atoms with Gasteiger partial charge in [0.2, 0.25) is 0 Å². The van der Waals surface area contributed by atoms with Gasteiger partial charge in [-0.3, -0.25) is 4.79 Å². The van der Waals surface area contributed by atoms with E-state index in [1.54, 1.807) is 12.3 Å². The molecule has 0 atom stereocenters. The average Bonchev–Trinajstić information content (AvgIpc) is 2.69. The first kappa shape index (κ1) is 10.3. The van der Waals surface area contributed by atoms with Crippen LogP contribution in [0.1, 0.15) is 10.4 Å². The Morgan fingerprint density at radius 1 is 1.40 bits per heavy atom. The van der Waals surface area contributed by atoms with Crippen LogP contribution in [0.3, 0.4) is 0 Å². The molecule has 1 aromatic heterocycles. The van der Waals surface area contributed by atoms with Gasteiger partial charge in [0.05, 0.1) is 0 Å². The Hall–Kier alpha value is -1.20. The molecule has 0 aliphatic carbocycles. The van der Waals surface area contributed by atoms with Gasteiger partial charge in [0.25, 0.3) is 0 Å². The molecule has 1 heterocycles. The zero-order chi connectivity index (χ0) is 10.7. The van der Waals surface area contributed by atoms with Gasteiger partial charge in [-0.2, -0.15) is 0 Å². The van der Waals surface area contributed by atoms with Crippen LogP contribution in [0.15, 0.2) is 39.0 Å². The van der Waals surface area contributed by atoms with Crippen molar-refractivity contribution in [3.8, 4) is 0 Å². The lowest BCUT2D eigenvalue weighted by Gasteiger charge is -1.99. The van der Waals surface area contributed by atoms with E-state index in [0.717, 1.165) is 4.34 Å². The van der Waals surface area contributed by atoms with E-state index in [1.807, 2.05) is 5.38 Å². The van der Waals surface area contributed by atoms with Crippen LogP contribution in [-0.2, 0) is 0 Å². The zero-order valence-corrected chi connectivity index (χ0v) is 9.15. The molecule has 1 aromatic carbocycles. The minimum atomic E-state index is -0.404. The summed E-state index contributed by atoms with van der Waals surface area (Å²) in [5.74, 6) is -0.404. The number of carbonyl (C=O) groups is 1. The summed E-state index contributed by atoms with van der Waals surface area (Å²) < 4.78 is 13.9. The number of aromatic nitrogens is 1. The molecule has 0 unspecified atom stereocenters. The molecule has 2 nitrogen and oxygen atoms in total. The average molecular weight is 239 g/mol. The van der Waals surface area contributed by atoms with Crippen LogP contribution in [-0.4, -0.2) is 11.3 Å². The highest BCUT2D eigenvalue weighted by atomic mass is 32.2. The van der Waals surface area contributed by atoms with Gasteiger partial charge in [-0.05, 0) is 18.2 Å². The predicted molar refractivity (Wildman–Crippen MR) is 58.0 cm³/mol. The van der Waals surface area contributed by atoms with Crippen molar-refractivity contribution in [2.24, 2.45) is 0 Å². The summed E-state index contributed by atoms with van der Waals surface area (Å²) in [5.41, 5.74) is 0.342. The molecule has 0 spiro atoms. The minimum Gasteiger partial charge on any atom is -0.298 e. The van der Waals surface area contributed by atoms with Gasteiger partial charge in [0, 0.05) is 22.0 Å². The lowest BCUT2D eigenvalue weighted by atomic mass is 10.2. The standard InChI is InChI=1S/C10H6FNOS2/c11-8-3-7(6-13)4-9(5-8)15-10-12-1-2-14-10/h1-6H. The van der Waals surface area contributed by atoms with E-state index in [1.165, 1.54) is 35.2 Å². The van der Waals surface area contributed by atoms with Crippen LogP contribution in [0, 0.1) is 5.82 Å². The van der Waals surface area contributed by atoms with Crippen LogP contribution in [0.25, 0.3) is 0 Å². The molecular weight excluding hydrogens is 233 g/mol. The van der Waals surface area contributed by atoms with Gasteiger partial charge in [-0.15, -0.1) is 11.3 Å². The third-order valence-electron chi connectivity index (χ3n) is 1.64. The number of hydrogen-bond acceptors (Lipinski definition) is 4. The third-order valence-corrected chi connectivity index (χ3v) is 3.50. The van der Waals surface area contributed by atoms with Crippen molar-refractivity contribution < 1.29 is 9.18 Å². The number of halogens is 1. The fourth-order valence-corrected chi connectivity index (χ4v) is 2.76. The third kappa shape index (κ3) is 2.64.